The van der Waals surface area contributed by atoms with Gasteiger partial charge >= 0.3 is 28.4 Å². The molecule has 1 aromatic heterocycles. The summed E-state index contributed by atoms with van der Waals surface area (Å²) in [5.74, 6) is -2.60. The first-order chi connectivity index (χ1) is 15.4. The topological polar surface area (TPSA) is 239 Å². The summed E-state index contributed by atoms with van der Waals surface area (Å²) in [6.07, 6.45) is -0.589. The van der Waals surface area contributed by atoms with Crippen molar-refractivity contribution in [3.63, 3.8) is 0 Å². The van der Waals surface area contributed by atoms with Crippen LogP contribution < -0.4 is 20.9 Å². The highest BCUT2D eigenvalue weighted by molar-refractivity contribution is 7.88. The molecular formula is C15H17N7O10S. The lowest BCUT2D eigenvalue weighted by atomic mass is 10.1. The molecule has 3 rings (SSSR count). The first-order valence-corrected chi connectivity index (χ1v) is 10.5. The smallest absolute Gasteiger partial charge is 0.405 e. The van der Waals surface area contributed by atoms with E-state index in [0.717, 1.165) is 12.3 Å². The molecule has 2 aliphatic rings. The quantitative estimate of drug-likeness (QED) is 0.235. The molecule has 0 unspecified atom stereocenters. The second-order valence-corrected chi connectivity index (χ2v) is 8.36. The summed E-state index contributed by atoms with van der Waals surface area (Å²) in [6, 6.07) is -3.05. The van der Waals surface area contributed by atoms with Gasteiger partial charge < -0.3 is 20.5 Å². The lowest BCUT2D eigenvalue weighted by Gasteiger charge is -2.37. The van der Waals surface area contributed by atoms with Gasteiger partial charge in [0.1, 0.15) is 11.7 Å². The fourth-order valence-electron chi connectivity index (χ4n) is 2.89. The average Bonchev–Trinajstić information content (AvgIpc) is 2.73. The Morgan fingerprint density at radius 3 is 2.45 bits per heavy atom. The number of carbonyl (C=O) groups excluding carboxylic acids is 4. The Morgan fingerprint density at radius 1 is 1.15 bits per heavy atom. The van der Waals surface area contributed by atoms with Crippen molar-refractivity contribution in [1.29, 1.82) is 0 Å². The van der Waals surface area contributed by atoms with E-state index in [2.05, 4.69) is 10.4 Å². The van der Waals surface area contributed by atoms with Crippen LogP contribution in [0.15, 0.2) is 17.1 Å². The van der Waals surface area contributed by atoms with E-state index in [1.807, 2.05) is 5.32 Å². The minimum absolute atomic E-state index is 0.0560. The van der Waals surface area contributed by atoms with Crippen molar-refractivity contribution >= 4 is 40.2 Å². The second kappa shape index (κ2) is 8.65. The van der Waals surface area contributed by atoms with Gasteiger partial charge in [-0.15, -0.1) is 0 Å². The van der Waals surface area contributed by atoms with E-state index in [1.165, 1.54) is 4.72 Å². The molecule has 0 radical (unpaired) electrons. The molecule has 6 N–H and O–H groups in total. The van der Waals surface area contributed by atoms with Crippen LogP contribution in [0.25, 0.3) is 0 Å². The van der Waals surface area contributed by atoms with Gasteiger partial charge in [0.05, 0.1) is 6.54 Å². The molecule has 1 atom stereocenters. The van der Waals surface area contributed by atoms with Crippen molar-refractivity contribution in [3.8, 4) is 5.75 Å². The fourth-order valence-corrected chi connectivity index (χ4v) is 4.00. The second-order valence-electron chi connectivity index (χ2n) is 6.76. The number of nitrogens with zero attached hydrogens (tertiary/aromatic N) is 3. The molecule has 2 fully saturated rings. The highest BCUT2D eigenvalue weighted by Gasteiger charge is 2.44. The number of nitrogens with one attached hydrogen (secondary N) is 4. The van der Waals surface area contributed by atoms with Crippen LogP contribution in [0.5, 0.6) is 5.75 Å². The Labute approximate surface area is 184 Å². The number of hydrogen-bond donors (Lipinski definition) is 6. The number of carbonyl (C=O) groups is 5. The Morgan fingerprint density at radius 2 is 1.85 bits per heavy atom. The molecule has 0 aromatic carbocycles. The van der Waals surface area contributed by atoms with Gasteiger partial charge in [0.25, 0.3) is 11.8 Å². The van der Waals surface area contributed by atoms with E-state index in [1.54, 1.807) is 0 Å². The molecule has 7 amide bonds. The first-order valence-electron chi connectivity index (χ1n) is 9.10. The molecule has 3 heterocycles. The van der Waals surface area contributed by atoms with Gasteiger partial charge in [0.2, 0.25) is 5.43 Å². The number of likely N-dealkylation sites (tertiary alicyclic amines) is 1. The highest BCUT2D eigenvalue weighted by Crippen LogP contribution is 2.14. The third-order valence-corrected chi connectivity index (χ3v) is 5.89. The summed E-state index contributed by atoms with van der Waals surface area (Å²) in [6.45, 7) is -0.853. The minimum atomic E-state index is -4.79. The summed E-state index contributed by atoms with van der Waals surface area (Å²) in [5.41, 5.74) is 0.926. The molecular weight excluding hydrogens is 470 g/mol. The van der Waals surface area contributed by atoms with Crippen LogP contribution in [0, 0.1) is 0 Å². The minimum Gasteiger partial charge on any atom is -0.503 e. The largest absolute Gasteiger partial charge is 0.503 e. The number of H-pyrrole nitrogens is 1. The number of imide groups is 1. The third-order valence-electron chi connectivity index (χ3n) is 4.54. The van der Waals surface area contributed by atoms with E-state index in [9.17, 15) is 42.3 Å². The van der Waals surface area contributed by atoms with E-state index >= 15 is 0 Å². The molecule has 178 valence electrons. The lowest BCUT2D eigenvalue weighted by Crippen LogP contribution is -2.68. The fraction of sp³-hybridized carbons (Fsp3) is 0.333. The molecule has 0 saturated carbocycles. The summed E-state index contributed by atoms with van der Waals surface area (Å²) in [7, 11) is -4.79. The highest BCUT2D eigenvalue weighted by atomic mass is 32.2. The number of pyridine rings is 1. The number of amides is 7. The standard InChI is InChI=1S/C15H17N7O10S/c23-9-4-7(16-5-10(9)24)11(25)18-21-2-1-3-22(15(21)30)33(31,32)19-13(27)20-6-8(12(20)26)17-14(28)29/h4-5,8,17,24H,1-3,6H2,(H,16,23)(H,18,25)(H,19,27)(H,28,29)/t8-/m0/s1. The van der Waals surface area contributed by atoms with E-state index in [0.29, 0.717) is 9.91 Å². The van der Waals surface area contributed by atoms with Crippen molar-refractivity contribution in [3.05, 3.63) is 28.2 Å². The number of urea groups is 2. The summed E-state index contributed by atoms with van der Waals surface area (Å²) >= 11 is 0. The molecule has 17 nitrogen and oxygen atoms in total. The summed E-state index contributed by atoms with van der Waals surface area (Å²) < 4.78 is 26.8. The van der Waals surface area contributed by atoms with Gasteiger partial charge in [-0.1, -0.05) is 0 Å². The van der Waals surface area contributed by atoms with Crippen molar-refractivity contribution < 1.29 is 42.6 Å². The summed E-state index contributed by atoms with van der Waals surface area (Å²) in [4.78, 5) is 73.5. The van der Waals surface area contributed by atoms with Crippen molar-refractivity contribution in [2.24, 2.45) is 0 Å². The SMILES string of the molecule is O=C(O)N[C@H]1CN(C(=O)NS(=O)(=O)N2CCCN(NC(=O)c3cc(=O)c(O)c[nH]3)C2=O)C1=O. The molecule has 2 aliphatic heterocycles. The average molecular weight is 487 g/mol. The maximum atomic E-state index is 12.6. The molecule has 33 heavy (non-hydrogen) atoms. The number of aromatic nitrogens is 1. The Hall–Kier alpha value is -4.35. The van der Waals surface area contributed by atoms with Crippen LogP contribution in [-0.2, 0) is 15.0 Å². The molecule has 0 bridgehead atoms. The van der Waals surface area contributed by atoms with Gasteiger partial charge in [0.15, 0.2) is 5.75 Å². The van der Waals surface area contributed by atoms with Crippen molar-refractivity contribution in [2.75, 3.05) is 19.6 Å². The van der Waals surface area contributed by atoms with Crippen LogP contribution in [0.1, 0.15) is 16.9 Å². The van der Waals surface area contributed by atoms with E-state index < -0.39 is 63.9 Å². The zero-order valence-electron chi connectivity index (χ0n) is 16.5. The normalized spacial score (nSPS) is 18.4. The van der Waals surface area contributed by atoms with Gasteiger partial charge in [-0.25, -0.2) is 28.4 Å². The molecule has 0 spiro atoms. The third kappa shape index (κ3) is 4.79. The van der Waals surface area contributed by atoms with Gasteiger partial charge in [0, 0.05) is 25.4 Å². The van der Waals surface area contributed by atoms with Crippen LogP contribution in [-0.4, -0.2) is 93.5 Å². The molecule has 2 saturated heterocycles. The van der Waals surface area contributed by atoms with Crippen LogP contribution in [0.4, 0.5) is 14.4 Å². The Kier molecular flexibility index (Phi) is 6.11. The maximum absolute atomic E-state index is 12.6. The van der Waals surface area contributed by atoms with E-state index in [-0.39, 0.29) is 29.5 Å². The maximum Gasteiger partial charge on any atom is 0.405 e. The van der Waals surface area contributed by atoms with Crippen LogP contribution in [0.3, 0.4) is 0 Å². The molecule has 1 aromatic rings. The van der Waals surface area contributed by atoms with Gasteiger partial charge in [-0.3, -0.25) is 24.7 Å². The number of hydrogen-bond acceptors (Lipinski definition) is 9. The van der Waals surface area contributed by atoms with E-state index in [4.69, 9.17) is 5.11 Å². The van der Waals surface area contributed by atoms with Gasteiger partial charge in [-0.05, 0) is 6.42 Å². The number of aromatic amines is 1. The number of aromatic hydroxyl groups is 1. The predicted octanol–water partition coefficient (Wildman–Crippen LogP) is -2.71. The lowest BCUT2D eigenvalue weighted by molar-refractivity contribution is -0.138. The van der Waals surface area contributed by atoms with Crippen molar-refractivity contribution in [1.82, 2.24) is 34.7 Å². The monoisotopic (exact) mass is 487 g/mol. The number of β-lactam (4-membered cyclic amide) rings is 1. The Balaban J connectivity index is 1.64. The van der Waals surface area contributed by atoms with Gasteiger partial charge in [-0.2, -0.15) is 8.42 Å². The first kappa shape index (κ1) is 23.3. The number of carboxylic acid groups (broad SMARTS) is 1. The Bertz CT molecular complexity index is 1200. The number of rotatable bonds is 5. The number of hydrazine groups is 1. The van der Waals surface area contributed by atoms with Crippen LogP contribution in [0.2, 0.25) is 0 Å². The van der Waals surface area contributed by atoms with Crippen molar-refractivity contribution in [2.45, 2.75) is 12.5 Å². The summed E-state index contributed by atoms with van der Waals surface area (Å²) in [5, 5.41) is 20.3. The van der Waals surface area contributed by atoms with Crippen LogP contribution >= 0.6 is 0 Å². The zero-order chi connectivity index (χ0) is 24.5. The predicted molar refractivity (Wildman–Crippen MR) is 104 cm³/mol. The molecule has 18 heteroatoms. The molecule has 0 aliphatic carbocycles. The zero-order valence-corrected chi connectivity index (χ0v) is 17.3.